The molecule has 0 unspecified atom stereocenters. The standard InChI is InChI=1S/C16H18BrN5/c1-3-4-7-16(20-21-16)8-9-18-11-15-19-13-10-12(17)5-6-14(13)22(15)2/h1,5-6,10,18H,4,7-9,11H2,2H3. The zero-order valence-electron chi connectivity index (χ0n) is 12.5. The molecule has 0 fully saturated rings. The van der Waals surface area contributed by atoms with Gasteiger partial charge in [0.15, 0.2) is 5.66 Å². The summed E-state index contributed by atoms with van der Waals surface area (Å²) in [5, 5.41) is 11.7. The van der Waals surface area contributed by atoms with Crippen LogP contribution in [0.1, 0.15) is 25.1 Å². The Kier molecular flexibility index (Phi) is 4.27. The summed E-state index contributed by atoms with van der Waals surface area (Å²) in [5.41, 5.74) is 1.93. The van der Waals surface area contributed by atoms with Crippen molar-refractivity contribution in [2.45, 2.75) is 31.5 Å². The highest BCUT2D eigenvalue weighted by atomic mass is 79.9. The second-order valence-electron chi connectivity index (χ2n) is 5.53. The number of hydrogen-bond donors (Lipinski definition) is 1. The van der Waals surface area contributed by atoms with Crippen molar-refractivity contribution in [1.82, 2.24) is 14.9 Å². The number of aryl methyl sites for hydroxylation is 1. The Bertz CT molecular complexity index is 750. The maximum Gasteiger partial charge on any atom is 0.193 e. The lowest BCUT2D eigenvalue weighted by atomic mass is 10.0. The molecule has 0 bridgehead atoms. The molecule has 1 aromatic heterocycles. The van der Waals surface area contributed by atoms with E-state index in [2.05, 4.69) is 53.0 Å². The maximum atomic E-state index is 5.30. The molecule has 0 atom stereocenters. The van der Waals surface area contributed by atoms with E-state index in [1.165, 1.54) is 0 Å². The summed E-state index contributed by atoms with van der Waals surface area (Å²) in [5.74, 6) is 3.67. The van der Waals surface area contributed by atoms with Crippen LogP contribution in [0.4, 0.5) is 0 Å². The number of terminal acetylenes is 1. The lowest BCUT2D eigenvalue weighted by Crippen LogP contribution is -2.23. The van der Waals surface area contributed by atoms with E-state index < -0.39 is 0 Å². The second-order valence-corrected chi connectivity index (χ2v) is 6.45. The molecule has 3 rings (SSSR count). The Balaban J connectivity index is 1.54. The average molecular weight is 360 g/mol. The van der Waals surface area contributed by atoms with Crippen molar-refractivity contribution in [3.8, 4) is 12.3 Å². The molecule has 0 saturated heterocycles. The topological polar surface area (TPSA) is 54.6 Å². The molecule has 114 valence electrons. The van der Waals surface area contributed by atoms with Crippen LogP contribution in [0.3, 0.4) is 0 Å². The smallest absolute Gasteiger partial charge is 0.193 e. The van der Waals surface area contributed by atoms with Gasteiger partial charge in [-0.1, -0.05) is 15.9 Å². The summed E-state index contributed by atoms with van der Waals surface area (Å²) < 4.78 is 3.17. The van der Waals surface area contributed by atoms with Crippen LogP contribution in [0, 0.1) is 12.3 Å². The Morgan fingerprint density at radius 3 is 2.91 bits per heavy atom. The fourth-order valence-corrected chi connectivity index (χ4v) is 2.89. The van der Waals surface area contributed by atoms with Gasteiger partial charge in [0.2, 0.25) is 0 Å². The average Bonchev–Trinajstić information content (AvgIpc) is 3.21. The first-order chi connectivity index (χ1) is 10.6. The monoisotopic (exact) mass is 359 g/mol. The maximum absolute atomic E-state index is 5.30. The molecule has 1 aliphatic rings. The molecular weight excluding hydrogens is 342 g/mol. The zero-order chi connectivity index (χ0) is 15.6. The van der Waals surface area contributed by atoms with Crippen molar-refractivity contribution < 1.29 is 0 Å². The van der Waals surface area contributed by atoms with Crippen LogP contribution in [-0.4, -0.2) is 21.8 Å². The largest absolute Gasteiger partial charge is 0.330 e. The number of nitrogens with zero attached hydrogens (tertiary/aromatic N) is 4. The predicted octanol–water partition coefficient (Wildman–Crippen LogP) is 3.39. The van der Waals surface area contributed by atoms with Gasteiger partial charge < -0.3 is 9.88 Å². The van der Waals surface area contributed by atoms with Gasteiger partial charge >= 0.3 is 0 Å². The predicted molar refractivity (Wildman–Crippen MR) is 90.4 cm³/mol. The van der Waals surface area contributed by atoms with E-state index in [-0.39, 0.29) is 5.66 Å². The first-order valence-corrected chi connectivity index (χ1v) is 8.12. The van der Waals surface area contributed by atoms with Crippen molar-refractivity contribution in [3.63, 3.8) is 0 Å². The number of aromatic nitrogens is 2. The first kappa shape index (κ1) is 15.2. The van der Waals surface area contributed by atoms with Gasteiger partial charge in [-0.3, -0.25) is 0 Å². The molecule has 1 aromatic carbocycles. The van der Waals surface area contributed by atoms with E-state index in [9.17, 15) is 0 Å². The summed E-state index contributed by atoms with van der Waals surface area (Å²) in [6, 6.07) is 6.15. The minimum atomic E-state index is -0.212. The summed E-state index contributed by atoms with van der Waals surface area (Å²) in [6.45, 7) is 1.58. The van der Waals surface area contributed by atoms with Gasteiger partial charge in [-0.05, 0) is 24.7 Å². The van der Waals surface area contributed by atoms with Gasteiger partial charge in [-0.25, -0.2) is 4.98 Å². The number of benzene rings is 1. The number of nitrogens with one attached hydrogen (secondary N) is 1. The minimum absolute atomic E-state index is 0.212. The number of halogens is 1. The molecule has 0 saturated carbocycles. The number of rotatable bonds is 7. The molecule has 1 aliphatic heterocycles. The van der Waals surface area contributed by atoms with E-state index >= 15 is 0 Å². The fourth-order valence-electron chi connectivity index (χ4n) is 2.54. The highest BCUT2D eigenvalue weighted by Crippen LogP contribution is 2.36. The summed E-state index contributed by atoms with van der Waals surface area (Å²) >= 11 is 3.48. The summed E-state index contributed by atoms with van der Waals surface area (Å²) in [6.07, 6.45) is 7.77. The van der Waals surface area contributed by atoms with Gasteiger partial charge in [0, 0.05) is 30.8 Å². The molecule has 2 aromatic rings. The van der Waals surface area contributed by atoms with Crippen molar-refractivity contribution in [3.05, 3.63) is 28.5 Å². The van der Waals surface area contributed by atoms with E-state index in [4.69, 9.17) is 6.42 Å². The van der Waals surface area contributed by atoms with Gasteiger partial charge in [0.1, 0.15) is 5.82 Å². The second kappa shape index (κ2) is 6.19. The molecule has 2 heterocycles. The number of fused-ring (bicyclic) bond motifs is 1. The molecule has 6 heteroatoms. The molecular formula is C16H18BrN5. The lowest BCUT2D eigenvalue weighted by Gasteiger charge is -2.09. The Morgan fingerprint density at radius 1 is 1.36 bits per heavy atom. The van der Waals surface area contributed by atoms with Crippen LogP contribution in [0.25, 0.3) is 11.0 Å². The molecule has 0 aliphatic carbocycles. The van der Waals surface area contributed by atoms with Gasteiger partial charge in [0.25, 0.3) is 0 Å². The van der Waals surface area contributed by atoms with Gasteiger partial charge in [-0.2, -0.15) is 10.2 Å². The third-order valence-corrected chi connectivity index (χ3v) is 4.47. The van der Waals surface area contributed by atoms with Crippen LogP contribution in [0.2, 0.25) is 0 Å². The molecule has 5 nitrogen and oxygen atoms in total. The van der Waals surface area contributed by atoms with Crippen LogP contribution in [-0.2, 0) is 13.6 Å². The molecule has 1 N–H and O–H groups in total. The molecule has 22 heavy (non-hydrogen) atoms. The molecule has 0 spiro atoms. The molecule has 0 amide bonds. The third-order valence-electron chi connectivity index (χ3n) is 3.97. The highest BCUT2D eigenvalue weighted by molar-refractivity contribution is 9.10. The fraction of sp³-hybridized carbons (Fsp3) is 0.438. The zero-order valence-corrected chi connectivity index (χ0v) is 14.1. The third kappa shape index (κ3) is 3.21. The van der Waals surface area contributed by atoms with Gasteiger partial charge in [-0.15, -0.1) is 12.3 Å². The highest BCUT2D eigenvalue weighted by Gasteiger charge is 2.38. The number of imidazole rings is 1. The van der Waals surface area contributed by atoms with Crippen molar-refractivity contribution >= 4 is 27.0 Å². The summed E-state index contributed by atoms with van der Waals surface area (Å²) in [7, 11) is 2.04. The van der Waals surface area contributed by atoms with Crippen molar-refractivity contribution in [1.29, 1.82) is 0 Å². The first-order valence-electron chi connectivity index (χ1n) is 7.33. The van der Waals surface area contributed by atoms with E-state index in [1.54, 1.807) is 0 Å². The van der Waals surface area contributed by atoms with E-state index in [0.717, 1.165) is 53.7 Å². The van der Waals surface area contributed by atoms with Crippen LogP contribution in [0.5, 0.6) is 0 Å². The Hall–Kier alpha value is -1.71. The quantitative estimate of drug-likeness (QED) is 0.608. The van der Waals surface area contributed by atoms with E-state index in [0.29, 0.717) is 0 Å². The normalized spacial score (nSPS) is 15.1. The van der Waals surface area contributed by atoms with Crippen LogP contribution < -0.4 is 5.32 Å². The number of hydrogen-bond acceptors (Lipinski definition) is 4. The van der Waals surface area contributed by atoms with Crippen molar-refractivity contribution in [2.75, 3.05) is 6.54 Å². The van der Waals surface area contributed by atoms with Gasteiger partial charge in [0.05, 0.1) is 17.6 Å². The van der Waals surface area contributed by atoms with Crippen LogP contribution in [0.15, 0.2) is 32.9 Å². The minimum Gasteiger partial charge on any atom is -0.330 e. The molecule has 0 radical (unpaired) electrons. The Morgan fingerprint density at radius 2 is 2.18 bits per heavy atom. The van der Waals surface area contributed by atoms with Crippen molar-refractivity contribution in [2.24, 2.45) is 17.3 Å². The van der Waals surface area contributed by atoms with E-state index in [1.807, 2.05) is 19.2 Å². The SMILES string of the molecule is C#CCCC1(CCNCc2nc3cc(Br)ccc3n2C)N=N1. The Labute approximate surface area is 138 Å². The van der Waals surface area contributed by atoms with Crippen LogP contribution >= 0.6 is 15.9 Å². The summed E-state index contributed by atoms with van der Waals surface area (Å²) in [4.78, 5) is 4.67. The lowest BCUT2D eigenvalue weighted by molar-refractivity contribution is 0.483.